The molecule has 0 atom stereocenters. The summed E-state index contributed by atoms with van der Waals surface area (Å²) in [5.74, 6) is 1.37. The van der Waals surface area contributed by atoms with Crippen LogP contribution in [-0.4, -0.2) is 42.3 Å². The SMILES string of the molecule is CCOCCCN1C(=O)/C(=C\c2ccc(OCCC(C)C)cc2)NC1=S. The molecule has 1 aromatic carbocycles. The number of nitrogens with zero attached hydrogens (tertiary/aromatic N) is 1. The van der Waals surface area contributed by atoms with Crippen molar-refractivity contribution >= 4 is 29.3 Å². The molecule has 1 saturated heterocycles. The topological polar surface area (TPSA) is 50.8 Å². The molecule has 1 N–H and O–H groups in total. The summed E-state index contributed by atoms with van der Waals surface area (Å²) < 4.78 is 11.0. The molecule has 2 rings (SSSR count). The van der Waals surface area contributed by atoms with Crippen molar-refractivity contribution in [2.24, 2.45) is 5.92 Å². The van der Waals surface area contributed by atoms with Crippen molar-refractivity contribution in [3.05, 3.63) is 35.5 Å². The molecule has 26 heavy (non-hydrogen) atoms. The summed E-state index contributed by atoms with van der Waals surface area (Å²) in [6.45, 7) is 8.88. The highest BCUT2D eigenvalue weighted by Gasteiger charge is 2.29. The predicted molar refractivity (Wildman–Crippen MR) is 108 cm³/mol. The zero-order valence-electron chi connectivity index (χ0n) is 15.8. The Kier molecular flexibility index (Phi) is 8.06. The Morgan fingerprint density at radius 2 is 1.96 bits per heavy atom. The summed E-state index contributed by atoms with van der Waals surface area (Å²) in [6.07, 6.45) is 3.60. The highest BCUT2D eigenvalue weighted by Crippen LogP contribution is 2.18. The van der Waals surface area contributed by atoms with E-state index in [1.165, 1.54) is 0 Å². The lowest BCUT2D eigenvalue weighted by atomic mass is 10.1. The number of amides is 1. The first kappa shape index (κ1) is 20.4. The van der Waals surface area contributed by atoms with Crippen molar-refractivity contribution in [3.63, 3.8) is 0 Å². The predicted octanol–water partition coefficient (Wildman–Crippen LogP) is 3.60. The molecular formula is C20H28N2O3S. The van der Waals surface area contributed by atoms with Crippen molar-refractivity contribution in [1.82, 2.24) is 10.2 Å². The van der Waals surface area contributed by atoms with E-state index in [9.17, 15) is 4.79 Å². The minimum absolute atomic E-state index is 0.0937. The number of nitrogens with one attached hydrogen (secondary N) is 1. The Morgan fingerprint density at radius 3 is 2.62 bits per heavy atom. The van der Waals surface area contributed by atoms with Crippen molar-refractivity contribution in [1.29, 1.82) is 0 Å². The Morgan fingerprint density at radius 1 is 1.23 bits per heavy atom. The fourth-order valence-corrected chi connectivity index (χ4v) is 2.77. The van der Waals surface area contributed by atoms with Gasteiger partial charge in [0.15, 0.2) is 5.11 Å². The number of carbonyl (C=O) groups excluding carboxylic acids is 1. The van der Waals surface area contributed by atoms with Crippen LogP contribution in [-0.2, 0) is 9.53 Å². The van der Waals surface area contributed by atoms with Crippen LogP contribution in [0.4, 0.5) is 0 Å². The molecule has 0 saturated carbocycles. The summed E-state index contributed by atoms with van der Waals surface area (Å²) >= 11 is 5.27. The second-order valence-corrected chi connectivity index (χ2v) is 6.98. The first-order valence-electron chi connectivity index (χ1n) is 9.16. The van der Waals surface area contributed by atoms with Gasteiger partial charge in [0.2, 0.25) is 0 Å². The summed E-state index contributed by atoms with van der Waals surface area (Å²) in [6, 6.07) is 7.72. The van der Waals surface area contributed by atoms with Crippen LogP contribution in [0.15, 0.2) is 30.0 Å². The van der Waals surface area contributed by atoms with Gasteiger partial charge >= 0.3 is 0 Å². The molecular weight excluding hydrogens is 348 g/mol. The van der Waals surface area contributed by atoms with Crippen LogP contribution in [0.2, 0.25) is 0 Å². The molecule has 1 fully saturated rings. The molecule has 0 radical (unpaired) electrons. The number of rotatable bonds is 10. The summed E-state index contributed by atoms with van der Waals surface area (Å²) in [5.41, 5.74) is 1.43. The van der Waals surface area contributed by atoms with Crippen molar-refractivity contribution in [2.75, 3.05) is 26.4 Å². The average molecular weight is 377 g/mol. The van der Waals surface area contributed by atoms with Crippen LogP contribution in [0.25, 0.3) is 6.08 Å². The molecule has 1 amide bonds. The number of ether oxygens (including phenoxy) is 2. The monoisotopic (exact) mass is 376 g/mol. The lowest BCUT2D eigenvalue weighted by Crippen LogP contribution is -2.32. The van der Waals surface area contributed by atoms with Gasteiger partial charge in [-0.25, -0.2) is 0 Å². The second-order valence-electron chi connectivity index (χ2n) is 6.60. The van der Waals surface area contributed by atoms with Crippen molar-refractivity contribution in [3.8, 4) is 5.75 Å². The van der Waals surface area contributed by atoms with E-state index in [1.807, 2.05) is 37.3 Å². The van der Waals surface area contributed by atoms with E-state index in [1.54, 1.807) is 4.90 Å². The maximum atomic E-state index is 12.5. The smallest absolute Gasteiger partial charge is 0.276 e. The lowest BCUT2D eigenvalue weighted by molar-refractivity contribution is -0.122. The van der Waals surface area contributed by atoms with Gasteiger partial charge < -0.3 is 14.8 Å². The molecule has 0 aliphatic carbocycles. The number of hydrogen-bond donors (Lipinski definition) is 1. The highest BCUT2D eigenvalue weighted by atomic mass is 32.1. The number of thiocarbonyl (C=S) groups is 1. The Hall–Kier alpha value is -1.92. The van der Waals surface area contributed by atoms with Crippen LogP contribution >= 0.6 is 12.2 Å². The Bertz CT molecular complexity index is 641. The fourth-order valence-electron chi connectivity index (χ4n) is 2.48. The molecule has 142 valence electrons. The zero-order valence-corrected chi connectivity index (χ0v) is 16.6. The van der Waals surface area contributed by atoms with Crippen LogP contribution in [0.1, 0.15) is 39.2 Å². The largest absolute Gasteiger partial charge is 0.494 e. The average Bonchev–Trinajstić information content (AvgIpc) is 2.87. The van der Waals surface area contributed by atoms with E-state index in [0.29, 0.717) is 43.1 Å². The molecule has 0 bridgehead atoms. The first-order chi connectivity index (χ1) is 12.5. The van der Waals surface area contributed by atoms with Gasteiger partial charge in [0.1, 0.15) is 11.4 Å². The molecule has 0 unspecified atom stereocenters. The third-order valence-corrected chi connectivity index (χ3v) is 4.31. The number of hydrogen-bond acceptors (Lipinski definition) is 4. The Labute approximate surface area is 161 Å². The van der Waals surface area contributed by atoms with Gasteiger partial charge in [-0.1, -0.05) is 26.0 Å². The number of benzene rings is 1. The minimum atomic E-state index is -0.0937. The lowest BCUT2D eigenvalue weighted by Gasteiger charge is -2.13. The van der Waals surface area contributed by atoms with Gasteiger partial charge in [0, 0.05) is 19.8 Å². The molecule has 5 nitrogen and oxygen atoms in total. The molecule has 6 heteroatoms. The van der Waals surface area contributed by atoms with Gasteiger partial charge in [0.25, 0.3) is 5.91 Å². The van der Waals surface area contributed by atoms with Crippen LogP contribution in [0.5, 0.6) is 5.75 Å². The van der Waals surface area contributed by atoms with E-state index >= 15 is 0 Å². The summed E-state index contributed by atoms with van der Waals surface area (Å²) in [4.78, 5) is 14.1. The van der Waals surface area contributed by atoms with Gasteiger partial charge in [0.05, 0.1) is 6.61 Å². The summed E-state index contributed by atoms with van der Waals surface area (Å²) in [7, 11) is 0. The first-order valence-corrected chi connectivity index (χ1v) is 9.57. The maximum Gasteiger partial charge on any atom is 0.276 e. The molecule has 1 aromatic rings. The van der Waals surface area contributed by atoms with E-state index in [4.69, 9.17) is 21.7 Å². The maximum absolute atomic E-state index is 12.5. The van der Waals surface area contributed by atoms with E-state index in [-0.39, 0.29) is 5.91 Å². The van der Waals surface area contributed by atoms with E-state index in [0.717, 1.165) is 24.2 Å². The second kappa shape index (κ2) is 10.3. The van der Waals surface area contributed by atoms with Crippen LogP contribution in [0.3, 0.4) is 0 Å². The fraction of sp³-hybridized carbons (Fsp3) is 0.500. The zero-order chi connectivity index (χ0) is 18.9. The summed E-state index contributed by atoms with van der Waals surface area (Å²) in [5, 5.41) is 3.45. The Balaban J connectivity index is 1.92. The van der Waals surface area contributed by atoms with Crippen molar-refractivity contribution < 1.29 is 14.3 Å². The van der Waals surface area contributed by atoms with Gasteiger partial charge in [-0.2, -0.15) is 0 Å². The quantitative estimate of drug-likeness (QED) is 0.384. The molecule has 0 aromatic heterocycles. The number of carbonyl (C=O) groups is 1. The minimum Gasteiger partial charge on any atom is -0.494 e. The molecule has 1 aliphatic heterocycles. The normalized spacial score (nSPS) is 15.8. The van der Waals surface area contributed by atoms with E-state index < -0.39 is 0 Å². The van der Waals surface area contributed by atoms with Crippen LogP contribution in [0, 0.1) is 5.92 Å². The van der Waals surface area contributed by atoms with Crippen LogP contribution < -0.4 is 10.1 Å². The van der Waals surface area contributed by atoms with Crippen molar-refractivity contribution in [2.45, 2.75) is 33.6 Å². The third kappa shape index (κ3) is 6.11. The van der Waals surface area contributed by atoms with Gasteiger partial charge in [-0.05, 0) is 61.7 Å². The van der Waals surface area contributed by atoms with Gasteiger partial charge in [-0.3, -0.25) is 9.69 Å². The highest BCUT2D eigenvalue weighted by molar-refractivity contribution is 7.80. The standard InChI is InChI=1S/C20H28N2O3S/c1-4-24-12-5-11-22-19(23)18(21-20(22)26)14-16-6-8-17(9-7-16)25-13-10-15(2)3/h6-9,14-15H,4-5,10-13H2,1-3H3,(H,21,26)/b18-14+. The molecule has 1 heterocycles. The van der Waals surface area contributed by atoms with E-state index in [2.05, 4.69) is 19.2 Å². The third-order valence-electron chi connectivity index (χ3n) is 3.99. The van der Waals surface area contributed by atoms with Gasteiger partial charge in [-0.15, -0.1) is 0 Å². The molecule has 0 spiro atoms. The molecule has 1 aliphatic rings.